The zero-order valence-corrected chi connectivity index (χ0v) is 16.5. The molecule has 3 rings (SSSR count). The number of β-amino-alcohol motifs (C(OH)–C–C–N with tert-alkyl or cyclic N) is 1. The van der Waals surface area contributed by atoms with E-state index < -0.39 is 63.9 Å². The molecule has 1 unspecified atom stereocenters. The molecule has 2 atom stereocenters. The van der Waals surface area contributed by atoms with Crippen molar-refractivity contribution in [3.05, 3.63) is 59.4 Å². The minimum absolute atomic E-state index is 0.109. The summed E-state index contributed by atoms with van der Waals surface area (Å²) >= 11 is 0. The number of benzene rings is 2. The van der Waals surface area contributed by atoms with Crippen LogP contribution >= 0.6 is 0 Å². The average Bonchev–Trinajstić information content (AvgIpc) is 3.05. The summed E-state index contributed by atoms with van der Waals surface area (Å²) in [6.07, 6.45) is -5.95. The highest BCUT2D eigenvalue weighted by molar-refractivity contribution is 7.89. The Morgan fingerprint density at radius 2 is 1.87 bits per heavy atom. The van der Waals surface area contributed by atoms with E-state index in [4.69, 9.17) is 10.00 Å². The highest BCUT2D eigenvalue weighted by Gasteiger charge is 2.51. The van der Waals surface area contributed by atoms with Gasteiger partial charge in [0, 0.05) is 12.6 Å². The van der Waals surface area contributed by atoms with Gasteiger partial charge in [-0.3, -0.25) is 0 Å². The van der Waals surface area contributed by atoms with E-state index >= 15 is 0 Å². The second-order valence-corrected chi connectivity index (χ2v) is 8.88. The first-order valence-corrected chi connectivity index (χ1v) is 10.2. The Bertz CT molecular complexity index is 1120. The fourth-order valence-corrected chi connectivity index (χ4v) is 4.60. The van der Waals surface area contributed by atoms with E-state index in [0.29, 0.717) is 12.1 Å². The molecule has 7 nitrogen and oxygen atoms in total. The Morgan fingerprint density at radius 1 is 1.23 bits per heavy atom. The lowest BCUT2D eigenvalue weighted by Gasteiger charge is -2.27. The van der Waals surface area contributed by atoms with Crippen LogP contribution in [0.15, 0.2) is 47.4 Å². The molecule has 2 aromatic carbocycles. The van der Waals surface area contributed by atoms with Crippen molar-refractivity contribution < 1.29 is 40.9 Å². The third kappa shape index (κ3) is 4.49. The smallest absolute Gasteiger partial charge is 0.416 e. The van der Waals surface area contributed by atoms with Crippen LogP contribution in [0.2, 0.25) is 0 Å². The van der Waals surface area contributed by atoms with Gasteiger partial charge in [-0.05, 0) is 36.4 Å². The molecule has 0 bridgehead atoms. The molecule has 31 heavy (non-hydrogen) atoms. The predicted octanol–water partition coefficient (Wildman–Crippen LogP) is 1.89. The summed E-state index contributed by atoms with van der Waals surface area (Å²) in [7, 11) is -4.33. The number of aliphatic hydroxyl groups is 2. The number of hydrogen-bond acceptors (Lipinski definition) is 6. The van der Waals surface area contributed by atoms with Crippen molar-refractivity contribution >= 4 is 10.0 Å². The van der Waals surface area contributed by atoms with Gasteiger partial charge >= 0.3 is 6.18 Å². The minimum atomic E-state index is -4.64. The highest BCUT2D eigenvalue weighted by Crippen LogP contribution is 2.33. The normalized spacial score (nSPS) is 22.3. The van der Waals surface area contributed by atoms with Crippen LogP contribution in [-0.2, 0) is 16.2 Å². The molecule has 12 heteroatoms. The maximum Gasteiger partial charge on any atom is 0.416 e. The number of alkyl halides is 3. The molecule has 0 saturated carbocycles. The molecule has 2 N–H and O–H groups in total. The topological polar surface area (TPSA) is 111 Å². The van der Waals surface area contributed by atoms with Crippen LogP contribution in [0.1, 0.15) is 11.1 Å². The van der Waals surface area contributed by atoms with Gasteiger partial charge in [0.15, 0.2) is 0 Å². The van der Waals surface area contributed by atoms with Crippen LogP contribution < -0.4 is 4.74 Å². The van der Waals surface area contributed by atoms with Gasteiger partial charge in [-0.1, -0.05) is 0 Å². The van der Waals surface area contributed by atoms with Gasteiger partial charge in [0.25, 0.3) is 0 Å². The minimum Gasteiger partial charge on any atom is -0.486 e. The van der Waals surface area contributed by atoms with Crippen molar-refractivity contribution in [1.82, 2.24) is 4.31 Å². The van der Waals surface area contributed by atoms with Crippen molar-refractivity contribution in [2.45, 2.75) is 22.8 Å². The number of nitrogens with zero attached hydrogens (tertiary/aromatic N) is 2. The van der Waals surface area contributed by atoms with Crippen LogP contribution in [0.5, 0.6) is 5.75 Å². The first-order chi connectivity index (χ1) is 14.4. The van der Waals surface area contributed by atoms with Gasteiger partial charge in [-0.2, -0.15) is 22.7 Å². The molecule has 2 aromatic rings. The quantitative estimate of drug-likeness (QED) is 0.660. The van der Waals surface area contributed by atoms with Crippen molar-refractivity contribution in [2.24, 2.45) is 0 Å². The number of aliphatic hydroxyl groups excluding tert-OH is 1. The monoisotopic (exact) mass is 460 g/mol. The Hall–Kier alpha value is -2.72. The summed E-state index contributed by atoms with van der Waals surface area (Å²) in [5, 5.41) is 29.0. The number of rotatable bonds is 5. The zero-order valence-electron chi connectivity index (χ0n) is 15.7. The summed E-state index contributed by atoms with van der Waals surface area (Å²) in [6, 6.07) is 7.70. The van der Waals surface area contributed by atoms with Gasteiger partial charge in [0.2, 0.25) is 10.0 Å². The van der Waals surface area contributed by atoms with Crippen LogP contribution in [0.3, 0.4) is 0 Å². The van der Waals surface area contributed by atoms with Crippen LogP contribution in [-0.4, -0.2) is 54.3 Å². The van der Waals surface area contributed by atoms with E-state index in [9.17, 15) is 36.2 Å². The van der Waals surface area contributed by atoms with Crippen molar-refractivity contribution in [3.63, 3.8) is 0 Å². The largest absolute Gasteiger partial charge is 0.486 e. The molecular weight excluding hydrogens is 444 g/mol. The van der Waals surface area contributed by atoms with Crippen molar-refractivity contribution in [2.75, 3.05) is 19.7 Å². The number of nitriles is 1. The molecule has 1 fully saturated rings. The number of ether oxygens (including phenoxy) is 1. The fraction of sp³-hybridized carbons (Fsp3) is 0.316. The van der Waals surface area contributed by atoms with Crippen LogP contribution in [0, 0.1) is 17.1 Å². The molecule has 1 aliphatic rings. The molecular formula is C19H16F4N2O5S. The molecule has 0 amide bonds. The van der Waals surface area contributed by atoms with E-state index in [1.807, 2.05) is 0 Å². The van der Waals surface area contributed by atoms with Gasteiger partial charge < -0.3 is 14.9 Å². The third-order valence-electron chi connectivity index (χ3n) is 4.85. The Balaban J connectivity index is 1.85. The molecule has 166 valence electrons. The summed E-state index contributed by atoms with van der Waals surface area (Å²) < 4.78 is 83.9. The molecule has 0 aromatic heterocycles. The number of halogens is 4. The molecule has 0 aliphatic carbocycles. The van der Waals surface area contributed by atoms with E-state index in [1.54, 1.807) is 6.07 Å². The Morgan fingerprint density at radius 3 is 2.39 bits per heavy atom. The maximum absolute atomic E-state index is 13.8. The number of hydrogen-bond donors (Lipinski definition) is 2. The summed E-state index contributed by atoms with van der Waals surface area (Å²) in [4.78, 5) is -0.439. The van der Waals surface area contributed by atoms with Gasteiger partial charge in [0.1, 0.15) is 29.3 Å². The number of sulfonamides is 1. The fourth-order valence-electron chi connectivity index (χ4n) is 3.10. The molecule has 0 spiro atoms. The van der Waals surface area contributed by atoms with Gasteiger partial charge in [0.05, 0.1) is 29.2 Å². The molecule has 1 heterocycles. The first kappa shape index (κ1) is 23.0. The molecule has 1 aliphatic heterocycles. The van der Waals surface area contributed by atoms with E-state index in [-0.39, 0.29) is 11.3 Å². The summed E-state index contributed by atoms with van der Waals surface area (Å²) in [5.41, 5.74) is -3.32. The average molecular weight is 460 g/mol. The lowest BCUT2D eigenvalue weighted by molar-refractivity contribution is -0.137. The summed E-state index contributed by atoms with van der Waals surface area (Å²) in [5.74, 6) is -0.998. The standard InChI is InChI=1S/C19H16F4N2O5S/c20-16-7-14(4-1-12(16)8-24)30-17-9-25(10-18(17,27)11-26)31(28,29)15-5-2-13(3-6-15)19(21,22)23/h1-7,17,26-27H,9-11H2/t17?,18-/m1/s1. The van der Waals surface area contributed by atoms with Crippen LogP contribution in [0.25, 0.3) is 0 Å². The molecule has 1 saturated heterocycles. The summed E-state index contributed by atoms with van der Waals surface area (Å²) in [6.45, 7) is -1.95. The van der Waals surface area contributed by atoms with Crippen molar-refractivity contribution in [1.29, 1.82) is 5.26 Å². The van der Waals surface area contributed by atoms with Gasteiger partial charge in [-0.15, -0.1) is 0 Å². The molecule has 0 radical (unpaired) electrons. The van der Waals surface area contributed by atoms with Gasteiger partial charge in [-0.25, -0.2) is 12.8 Å². The third-order valence-corrected chi connectivity index (χ3v) is 6.68. The van der Waals surface area contributed by atoms with E-state index in [0.717, 1.165) is 28.6 Å². The SMILES string of the molecule is N#Cc1ccc(OC2CN(S(=O)(=O)c3ccc(C(F)(F)F)cc3)C[C@@]2(O)CO)cc1F. The first-order valence-electron chi connectivity index (χ1n) is 8.78. The second kappa shape index (κ2) is 8.08. The highest BCUT2D eigenvalue weighted by atomic mass is 32.2. The zero-order chi connectivity index (χ0) is 23.0. The Kier molecular flexibility index (Phi) is 5.98. The van der Waals surface area contributed by atoms with E-state index in [2.05, 4.69) is 0 Å². The maximum atomic E-state index is 13.8. The lowest BCUT2D eigenvalue weighted by Crippen LogP contribution is -2.48. The van der Waals surface area contributed by atoms with Crippen LogP contribution in [0.4, 0.5) is 17.6 Å². The van der Waals surface area contributed by atoms with Crippen molar-refractivity contribution in [3.8, 4) is 11.8 Å². The van der Waals surface area contributed by atoms with E-state index in [1.165, 1.54) is 6.07 Å². The lowest BCUT2D eigenvalue weighted by atomic mass is 10.0. The second-order valence-electron chi connectivity index (χ2n) is 6.94. The predicted molar refractivity (Wildman–Crippen MR) is 97.8 cm³/mol. The Labute approximate surface area is 174 Å².